The van der Waals surface area contributed by atoms with E-state index < -0.39 is 23.4 Å². The fraction of sp³-hybridized carbons (Fsp3) is 0.222. The molecule has 9 heteroatoms. The van der Waals surface area contributed by atoms with Crippen LogP contribution in [0.2, 0.25) is 0 Å². The van der Waals surface area contributed by atoms with Crippen molar-refractivity contribution in [1.82, 2.24) is 0 Å². The number of aryl methyl sites for hydroxylation is 2. The fourth-order valence-corrected chi connectivity index (χ4v) is 2.32. The number of nitrogens with zero attached hydrogens (tertiary/aromatic N) is 1. The molecular formula is C18H18N2O7. The van der Waals surface area contributed by atoms with Crippen LogP contribution in [-0.2, 0) is 9.53 Å². The molecule has 2 rings (SSSR count). The van der Waals surface area contributed by atoms with E-state index >= 15 is 0 Å². The first kappa shape index (κ1) is 19.7. The molecule has 0 radical (unpaired) electrons. The van der Waals surface area contributed by atoms with Gasteiger partial charge in [-0.3, -0.25) is 14.9 Å². The fourth-order valence-electron chi connectivity index (χ4n) is 2.32. The van der Waals surface area contributed by atoms with Gasteiger partial charge < -0.3 is 19.9 Å². The van der Waals surface area contributed by atoms with Crippen molar-refractivity contribution in [3.05, 3.63) is 57.1 Å². The van der Waals surface area contributed by atoms with Crippen molar-refractivity contribution in [2.24, 2.45) is 0 Å². The lowest BCUT2D eigenvalue weighted by Crippen LogP contribution is -2.21. The van der Waals surface area contributed by atoms with Gasteiger partial charge in [-0.2, -0.15) is 0 Å². The Hall–Kier alpha value is -3.62. The number of amides is 1. The molecule has 0 atom stereocenters. The van der Waals surface area contributed by atoms with E-state index in [1.54, 1.807) is 19.9 Å². The van der Waals surface area contributed by atoms with Crippen LogP contribution in [0.3, 0.4) is 0 Å². The summed E-state index contributed by atoms with van der Waals surface area (Å²) in [5.41, 5.74) is 1.21. The molecule has 0 saturated heterocycles. The summed E-state index contributed by atoms with van der Waals surface area (Å²) >= 11 is 0. The summed E-state index contributed by atoms with van der Waals surface area (Å²) in [6, 6.07) is 7.02. The number of carbonyl (C=O) groups excluding carboxylic acids is 2. The van der Waals surface area contributed by atoms with Crippen molar-refractivity contribution < 1.29 is 29.1 Å². The van der Waals surface area contributed by atoms with Crippen molar-refractivity contribution in [2.75, 3.05) is 19.0 Å². The molecule has 2 N–H and O–H groups in total. The molecule has 2 aromatic rings. The van der Waals surface area contributed by atoms with E-state index in [-0.39, 0.29) is 28.4 Å². The van der Waals surface area contributed by atoms with E-state index in [0.717, 1.165) is 5.56 Å². The number of esters is 1. The van der Waals surface area contributed by atoms with Crippen LogP contribution in [0.15, 0.2) is 30.3 Å². The predicted octanol–water partition coefficient (Wildman–Crippen LogP) is 2.72. The molecule has 0 aliphatic rings. The first-order valence-electron chi connectivity index (χ1n) is 7.82. The van der Waals surface area contributed by atoms with Crippen molar-refractivity contribution in [1.29, 1.82) is 0 Å². The van der Waals surface area contributed by atoms with Crippen molar-refractivity contribution in [2.45, 2.75) is 13.8 Å². The third-order valence-electron chi connectivity index (χ3n) is 3.70. The number of anilines is 1. The molecule has 0 unspecified atom stereocenters. The largest absolute Gasteiger partial charge is 0.507 e. The zero-order valence-electron chi connectivity index (χ0n) is 14.9. The Labute approximate surface area is 154 Å². The van der Waals surface area contributed by atoms with Gasteiger partial charge in [0.15, 0.2) is 12.4 Å². The van der Waals surface area contributed by atoms with Gasteiger partial charge >= 0.3 is 11.7 Å². The topological polar surface area (TPSA) is 128 Å². The highest BCUT2D eigenvalue weighted by molar-refractivity contribution is 5.97. The van der Waals surface area contributed by atoms with Gasteiger partial charge in [-0.1, -0.05) is 11.6 Å². The highest BCUT2D eigenvalue weighted by atomic mass is 16.6. The molecule has 0 aliphatic carbocycles. The smallest absolute Gasteiger partial charge is 0.342 e. The van der Waals surface area contributed by atoms with Crippen LogP contribution in [0.25, 0.3) is 0 Å². The number of phenolic OH excluding ortho intramolecular Hbond substituents is 1. The van der Waals surface area contributed by atoms with E-state index in [2.05, 4.69) is 5.32 Å². The van der Waals surface area contributed by atoms with Crippen LogP contribution >= 0.6 is 0 Å². The van der Waals surface area contributed by atoms with Crippen LogP contribution in [0.5, 0.6) is 11.5 Å². The Morgan fingerprint density at radius 3 is 2.56 bits per heavy atom. The molecule has 0 heterocycles. The number of phenols is 1. The zero-order chi connectivity index (χ0) is 20.1. The summed E-state index contributed by atoms with van der Waals surface area (Å²) in [5.74, 6) is -1.75. The number of hydrogen-bond acceptors (Lipinski definition) is 7. The third kappa shape index (κ3) is 4.72. The standard InChI is InChI=1S/C18H18N2O7/c1-10-4-5-15(21)12(6-10)18(23)27-9-17(22)19-13-8-16(26-3)14(20(24)25)7-11(13)2/h4-8,21H,9H2,1-3H3,(H,19,22). The molecular weight excluding hydrogens is 356 g/mol. The van der Waals surface area contributed by atoms with Crippen molar-refractivity contribution in [3.63, 3.8) is 0 Å². The van der Waals surface area contributed by atoms with Crippen molar-refractivity contribution in [3.8, 4) is 11.5 Å². The SMILES string of the molecule is COc1cc(NC(=O)COC(=O)c2cc(C)ccc2O)c(C)cc1[N+](=O)[O-]. The first-order valence-corrected chi connectivity index (χ1v) is 7.82. The molecule has 0 fully saturated rings. The number of nitrogens with one attached hydrogen (secondary N) is 1. The lowest BCUT2D eigenvalue weighted by molar-refractivity contribution is -0.385. The molecule has 0 saturated carbocycles. The van der Waals surface area contributed by atoms with Gasteiger partial charge in [0.05, 0.1) is 12.0 Å². The minimum Gasteiger partial charge on any atom is -0.507 e. The van der Waals surface area contributed by atoms with Crippen LogP contribution in [0.1, 0.15) is 21.5 Å². The second-order valence-electron chi connectivity index (χ2n) is 5.74. The molecule has 0 bridgehead atoms. The minimum atomic E-state index is -0.843. The number of hydrogen-bond donors (Lipinski definition) is 2. The normalized spacial score (nSPS) is 10.2. The summed E-state index contributed by atoms with van der Waals surface area (Å²) in [6.45, 7) is 2.73. The predicted molar refractivity (Wildman–Crippen MR) is 96.1 cm³/mol. The average molecular weight is 374 g/mol. The van der Waals surface area contributed by atoms with Crippen LogP contribution in [-0.4, -0.2) is 35.6 Å². The van der Waals surface area contributed by atoms with E-state index in [0.29, 0.717) is 5.56 Å². The highest BCUT2D eigenvalue weighted by Crippen LogP contribution is 2.32. The number of nitro benzene ring substituents is 1. The molecule has 142 valence electrons. The van der Waals surface area contributed by atoms with E-state index in [4.69, 9.17) is 9.47 Å². The molecule has 9 nitrogen and oxygen atoms in total. The minimum absolute atomic E-state index is 0.0115. The average Bonchev–Trinajstić information content (AvgIpc) is 2.62. The number of aromatic hydroxyl groups is 1. The summed E-state index contributed by atoms with van der Waals surface area (Å²) in [4.78, 5) is 34.5. The second-order valence-corrected chi connectivity index (χ2v) is 5.74. The van der Waals surface area contributed by atoms with Gasteiger partial charge in [-0.05, 0) is 31.5 Å². The molecule has 2 aromatic carbocycles. The van der Waals surface area contributed by atoms with Gasteiger partial charge in [0.2, 0.25) is 0 Å². The highest BCUT2D eigenvalue weighted by Gasteiger charge is 2.19. The van der Waals surface area contributed by atoms with Gasteiger partial charge in [-0.25, -0.2) is 4.79 Å². The number of ether oxygens (including phenoxy) is 2. The number of carbonyl (C=O) groups is 2. The lowest BCUT2D eigenvalue weighted by atomic mass is 10.1. The van der Waals surface area contributed by atoms with Gasteiger partial charge in [0.1, 0.15) is 11.3 Å². The maximum atomic E-state index is 12.0. The summed E-state index contributed by atoms with van der Waals surface area (Å²) in [5, 5.41) is 23.2. The Kier molecular flexibility index (Phi) is 5.96. The number of rotatable bonds is 6. The van der Waals surface area contributed by atoms with Gasteiger partial charge in [0.25, 0.3) is 5.91 Å². The molecule has 0 aromatic heterocycles. The molecule has 27 heavy (non-hydrogen) atoms. The molecule has 0 aliphatic heterocycles. The summed E-state index contributed by atoms with van der Waals surface area (Å²) < 4.78 is 9.86. The second kappa shape index (κ2) is 8.17. The quantitative estimate of drug-likeness (QED) is 0.452. The number of benzene rings is 2. The van der Waals surface area contributed by atoms with Gasteiger partial charge in [-0.15, -0.1) is 0 Å². The van der Waals surface area contributed by atoms with E-state index in [1.807, 2.05) is 0 Å². The van der Waals surface area contributed by atoms with Crippen molar-refractivity contribution >= 4 is 23.3 Å². The maximum absolute atomic E-state index is 12.0. The lowest BCUT2D eigenvalue weighted by Gasteiger charge is -2.11. The van der Waals surface area contributed by atoms with E-state index in [1.165, 1.54) is 31.4 Å². The summed E-state index contributed by atoms with van der Waals surface area (Å²) in [7, 11) is 1.28. The molecule has 0 spiro atoms. The Morgan fingerprint density at radius 1 is 1.22 bits per heavy atom. The first-order chi connectivity index (χ1) is 12.7. The number of methoxy groups -OCH3 is 1. The van der Waals surface area contributed by atoms with Crippen LogP contribution in [0, 0.1) is 24.0 Å². The number of nitro groups is 1. The van der Waals surface area contributed by atoms with Gasteiger partial charge in [0, 0.05) is 17.8 Å². The monoisotopic (exact) mass is 374 g/mol. The Balaban J connectivity index is 2.06. The maximum Gasteiger partial charge on any atom is 0.342 e. The van der Waals surface area contributed by atoms with E-state index in [9.17, 15) is 24.8 Å². The molecule has 1 amide bonds. The zero-order valence-corrected chi connectivity index (χ0v) is 14.9. The summed E-state index contributed by atoms with van der Waals surface area (Å²) in [6.07, 6.45) is 0. The Morgan fingerprint density at radius 2 is 1.93 bits per heavy atom. The third-order valence-corrected chi connectivity index (χ3v) is 3.70. The van der Waals surface area contributed by atoms with Crippen LogP contribution in [0.4, 0.5) is 11.4 Å². The Bertz CT molecular complexity index is 909. The van der Waals surface area contributed by atoms with Crippen LogP contribution < -0.4 is 10.1 Å².